The van der Waals surface area contributed by atoms with E-state index in [1.54, 1.807) is 0 Å². The van der Waals surface area contributed by atoms with Gasteiger partial charge in [0.25, 0.3) is 0 Å². The molecular weight excluding hydrogens is 866 g/mol. The van der Waals surface area contributed by atoms with Gasteiger partial charge in [-0.1, -0.05) is 48.6 Å². The number of allylic oxidation sites excluding steroid dienone is 8. The molecule has 4 unspecified atom stereocenters. The van der Waals surface area contributed by atoms with Gasteiger partial charge in [-0.2, -0.15) is 0 Å². The zero-order chi connectivity index (χ0) is 38.2. The molecule has 0 aromatic carbocycles. The van der Waals surface area contributed by atoms with Crippen LogP contribution >= 0.6 is 62.0 Å². The van der Waals surface area contributed by atoms with Gasteiger partial charge in [-0.15, -0.1) is 62.0 Å². The predicted octanol–water partition coefficient (Wildman–Crippen LogP) is 12.6. The fourth-order valence-corrected chi connectivity index (χ4v) is 8.93. The van der Waals surface area contributed by atoms with Crippen molar-refractivity contribution in [3.63, 3.8) is 0 Å². The van der Waals surface area contributed by atoms with E-state index < -0.39 is 0 Å². The van der Waals surface area contributed by atoms with Gasteiger partial charge in [-0.25, -0.2) is 9.97 Å². The quantitative estimate of drug-likeness (QED) is 0.162. The van der Waals surface area contributed by atoms with Crippen molar-refractivity contribution in [2.45, 2.75) is 51.9 Å². The van der Waals surface area contributed by atoms with Crippen molar-refractivity contribution in [2.24, 2.45) is 0 Å². The second kappa shape index (κ2) is 21.3. The Morgan fingerprint density at radius 2 is 0.639 bits per heavy atom. The van der Waals surface area contributed by atoms with Crippen LogP contribution in [0.15, 0.2) is 122 Å². The fraction of sp³-hybridized carbons (Fsp3) is 0.250. The van der Waals surface area contributed by atoms with Gasteiger partial charge in [0.05, 0.1) is 46.9 Å². The number of hydrogen-bond donors (Lipinski definition) is 2. The minimum atomic E-state index is -0.0268. The average Bonchev–Trinajstić information content (AvgIpc) is 4.10. The number of nitrogens with one attached hydrogen (secondary N) is 2. The van der Waals surface area contributed by atoms with Gasteiger partial charge in [-0.05, 0) is 125 Å². The minimum Gasteiger partial charge on any atom is -0.367 e. The summed E-state index contributed by atoms with van der Waals surface area (Å²) < 4.78 is 0. The second-order valence-electron chi connectivity index (χ2n) is 14.7. The third kappa shape index (κ3) is 9.06. The third-order valence-corrected chi connectivity index (χ3v) is 11.7. The van der Waals surface area contributed by atoms with E-state index in [2.05, 4.69) is 204 Å². The predicted molar refractivity (Wildman–Crippen MR) is 269 cm³/mol. The van der Waals surface area contributed by atoms with Crippen LogP contribution in [-0.2, 0) is 0 Å². The van der Waals surface area contributed by atoms with Crippen LogP contribution < -0.4 is 0 Å². The van der Waals surface area contributed by atoms with Crippen LogP contribution in [0.1, 0.15) is 96.9 Å². The van der Waals surface area contributed by atoms with E-state index in [9.17, 15) is 0 Å². The molecule has 0 aliphatic carbocycles. The number of nitrogens with zero attached hydrogens (tertiary/aromatic N) is 6. The Morgan fingerprint density at radius 1 is 0.377 bits per heavy atom. The maximum atomic E-state index is 5.56. The fourth-order valence-electron chi connectivity index (χ4n) is 8.93. The summed E-state index contributed by atoms with van der Waals surface area (Å²) in [5.74, 6) is 0. The molecule has 13 heteroatoms. The number of aromatic nitrogens is 4. The SMILES string of the molecule is CCN1C=CC=CC1c1c2nc(c(C3C=CC=CN3CC)c3ccc([nH]3)c(C3C=CC=CN3CC)c3ccc([nH]3)c(C3C=CC=CN3CC)c3nc1C=C3)C=C2.Cl.Cl.Cl.Cl.Cl. The minimum absolute atomic E-state index is 0. The molecule has 2 N–H and O–H groups in total. The summed E-state index contributed by atoms with van der Waals surface area (Å²) in [5.41, 5.74) is 12.6. The average molecular weight is 921 g/mol. The summed E-state index contributed by atoms with van der Waals surface area (Å²) >= 11 is 0. The Kier molecular flexibility index (Phi) is 17.1. The Balaban J connectivity index is 0.00000164. The lowest BCUT2D eigenvalue weighted by atomic mass is 9.99. The van der Waals surface area contributed by atoms with Gasteiger partial charge in [0, 0.05) is 70.5 Å². The molecule has 0 amide bonds. The molecule has 9 heterocycles. The maximum absolute atomic E-state index is 5.56. The third-order valence-electron chi connectivity index (χ3n) is 11.7. The maximum Gasteiger partial charge on any atom is 0.0766 e. The normalized spacial score (nSPS) is 20.3. The molecule has 0 fully saturated rings. The highest BCUT2D eigenvalue weighted by Crippen LogP contribution is 2.40. The molecule has 8 nitrogen and oxygen atoms in total. The molecule has 0 radical (unpaired) electrons. The van der Waals surface area contributed by atoms with Crippen LogP contribution in [0, 0.1) is 0 Å². The molecule has 3 aromatic heterocycles. The van der Waals surface area contributed by atoms with Gasteiger partial charge in [-0.3, -0.25) is 0 Å². The molecule has 4 atom stereocenters. The van der Waals surface area contributed by atoms with Gasteiger partial charge in [0.1, 0.15) is 0 Å². The lowest BCUT2D eigenvalue weighted by Gasteiger charge is -2.31. The van der Waals surface area contributed by atoms with Crippen LogP contribution in [0.25, 0.3) is 46.4 Å². The van der Waals surface area contributed by atoms with Gasteiger partial charge >= 0.3 is 0 Å². The van der Waals surface area contributed by atoms with E-state index in [0.29, 0.717) is 0 Å². The van der Waals surface area contributed by atoms with E-state index >= 15 is 0 Å². The van der Waals surface area contributed by atoms with Crippen molar-refractivity contribution < 1.29 is 0 Å². The highest BCUT2D eigenvalue weighted by Gasteiger charge is 2.29. The van der Waals surface area contributed by atoms with E-state index in [0.717, 1.165) is 87.7 Å². The number of likely N-dealkylation sites (N-methyl/N-ethyl adjacent to an activating group) is 4. The van der Waals surface area contributed by atoms with Crippen LogP contribution in [0.2, 0.25) is 0 Å². The highest BCUT2D eigenvalue weighted by atomic mass is 35.5. The van der Waals surface area contributed by atoms with Gasteiger partial charge in [0.15, 0.2) is 0 Å². The molecule has 9 rings (SSSR count). The van der Waals surface area contributed by atoms with Crippen LogP contribution in [0.3, 0.4) is 0 Å². The van der Waals surface area contributed by atoms with Crippen molar-refractivity contribution >= 4 is 108 Å². The Bertz CT molecular complexity index is 2380. The van der Waals surface area contributed by atoms with Crippen LogP contribution in [0.5, 0.6) is 0 Å². The topological polar surface area (TPSA) is 70.3 Å². The standard InChI is InChI=1S/C48H50N8.5ClH/c1-5-53-29-13-9-17-41(53)45-33-21-23-35(49-33)46(42-18-10-14-30-54(42)6-2)37-25-27-39(51-37)48(44-20-12-16-32-56(44)8-4)40-28-26-38(52-40)47(36-24-22-34(45)50-36)43-19-11-15-31-55(43)7-3;;;;;/h9-32,41-44,49-50H,5-8H2,1-4H3;5*1H. The molecule has 6 aliphatic heterocycles. The smallest absolute Gasteiger partial charge is 0.0766 e. The summed E-state index contributed by atoms with van der Waals surface area (Å²) in [5, 5.41) is 0. The van der Waals surface area contributed by atoms with Crippen molar-refractivity contribution in [2.75, 3.05) is 26.2 Å². The Labute approximate surface area is 390 Å². The number of H-pyrrole nitrogens is 2. The first-order chi connectivity index (χ1) is 27.6. The van der Waals surface area contributed by atoms with Gasteiger partial charge < -0.3 is 29.6 Å². The number of rotatable bonds is 8. The number of hydrogen-bond acceptors (Lipinski definition) is 6. The molecule has 61 heavy (non-hydrogen) atoms. The zero-order valence-corrected chi connectivity index (χ0v) is 38.8. The molecular formula is C48H55Cl5N8. The van der Waals surface area contributed by atoms with E-state index in [1.165, 1.54) is 5.56 Å². The van der Waals surface area contributed by atoms with Crippen molar-refractivity contribution in [3.8, 4) is 0 Å². The summed E-state index contributed by atoms with van der Waals surface area (Å²) in [7, 11) is 0. The van der Waals surface area contributed by atoms with Crippen LogP contribution in [-0.4, -0.2) is 65.7 Å². The molecule has 322 valence electrons. The Morgan fingerprint density at radius 3 is 0.951 bits per heavy atom. The number of fused-ring (bicyclic) bond motifs is 8. The number of aromatic amines is 2. The number of halogens is 5. The summed E-state index contributed by atoms with van der Waals surface area (Å²) in [6.45, 7) is 12.3. The lowest BCUT2D eigenvalue weighted by Crippen LogP contribution is -2.25. The van der Waals surface area contributed by atoms with Crippen LogP contribution in [0.4, 0.5) is 0 Å². The summed E-state index contributed by atoms with van der Waals surface area (Å²) in [6, 6.07) is 8.99. The lowest BCUT2D eigenvalue weighted by molar-refractivity contribution is 0.336. The van der Waals surface area contributed by atoms with E-state index in [-0.39, 0.29) is 86.2 Å². The first kappa shape index (κ1) is 48.8. The molecule has 3 aromatic rings. The first-order valence-electron chi connectivity index (χ1n) is 20.2. The molecule has 6 aliphatic rings. The molecule has 8 bridgehead atoms. The summed E-state index contributed by atoms with van der Waals surface area (Å²) in [4.78, 5) is 28.6. The van der Waals surface area contributed by atoms with Gasteiger partial charge in [0.2, 0.25) is 0 Å². The van der Waals surface area contributed by atoms with Crippen molar-refractivity contribution in [1.29, 1.82) is 0 Å². The zero-order valence-electron chi connectivity index (χ0n) is 34.7. The van der Waals surface area contributed by atoms with Crippen molar-refractivity contribution in [1.82, 2.24) is 39.5 Å². The summed E-state index contributed by atoms with van der Waals surface area (Å²) in [6.07, 6.45) is 43.8. The molecule has 0 spiro atoms. The second-order valence-corrected chi connectivity index (χ2v) is 14.7. The monoisotopic (exact) mass is 918 g/mol. The van der Waals surface area contributed by atoms with E-state index in [4.69, 9.17) is 9.97 Å². The Hall–Kier alpha value is -4.83. The molecule has 0 saturated carbocycles. The largest absolute Gasteiger partial charge is 0.367 e. The van der Waals surface area contributed by atoms with E-state index in [1.807, 2.05) is 0 Å². The highest BCUT2D eigenvalue weighted by molar-refractivity contribution is 5.87. The van der Waals surface area contributed by atoms with Crippen molar-refractivity contribution in [3.05, 3.63) is 167 Å². The first-order valence-corrected chi connectivity index (χ1v) is 20.2. The molecule has 0 saturated heterocycles.